The molecule has 9 heteroatoms. The van der Waals surface area contributed by atoms with Crippen LogP contribution in [0, 0.1) is 0 Å². The van der Waals surface area contributed by atoms with Gasteiger partial charge in [-0.15, -0.1) is 0 Å². The number of amides is 1. The van der Waals surface area contributed by atoms with E-state index >= 15 is 0 Å². The van der Waals surface area contributed by atoms with E-state index in [1.54, 1.807) is 0 Å². The van der Waals surface area contributed by atoms with Gasteiger partial charge in [0.1, 0.15) is 6.26 Å². The number of furan rings is 1. The molecule has 1 aromatic carbocycles. The minimum atomic E-state index is -3.80. The van der Waals surface area contributed by atoms with Crippen LogP contribution in [-0.4, -0.2) is 25.4 Å². The lowest BCUT2D eigenvalue weighted by Gasteiger charge is -2.04. The highest BCUT2D eigenvalue weighted by atomic mass is 32.2. The fourth-order valence-corrected chi connectivity index (χ4v) is 2.00. The van der Waals surface area contributed by atoms with E-state index in [2.05, 4.69) is 5.32 Å². The maximum absolute atomic E-state index is 11.8. The van der Waals surface area contributed by atoms with Crippen LogP contribution < -0.4 is 10.5 Å². The smallest absolute Gasteiger partial charge is 0.338 e. The van der Waals surface area contributed by atoms with Gasteiger partial charge >= 0.3 is 5.97 Å². The fraction of sp³-hybridized carbons (Fsp3) is 0. The Morgan fingerprint density at radius 1 is 1.19 bits per heavy atom. The van der Waals surface area contributed by atoms with Crippen LogP contribution in [0.2, 0.25) is 0 Å². The van der Waals surface area contributed by atoms with E-state index in [1.807, 2.05) is 0 Å². The van der Waals surface area contributed by atoms with Crippen LogP contribution in [0.1, 0.15) is 20.9 Å². The van der Waals surface area contributed by atoms with Gasteiger partial charge in [0.2, 0.25) is 10.0 Å². The second-order valence-electron chi connectivity index (χ2n) is 4.03. The highest BCUT2D eigenvalue weighted by Crippen LogP contribution is 2.15. The summed E-state index contributed by atoms with van der Waals surface area (Å²) in [4.78, 5) is 22.4. The third-order valence-electron chi connectivity index (χ3n) is 2.51. The molecule has 110 valence electrons. The van der Waals surface area contributed by atoms with Gasteiger partial charge in [0, 0.05) is 11.8 Å². The Morgan fingerprint density at radius 3 is 2.29 bits per heavy atom. The molecule has 0 aliphatic rings. The number of hydrogen-bond donors (Lipinski definition) is 3. The van der Waals surface area contributed by atoms with E-state index in [4.69, 9.17) is 14.7 Å². The molecule has 1 aromatic heterocycles. The van der Waals surface area contributed by atoms with Crippen molar-refractivity contribution in [2.75, 3.05) is 5.32 Å². The maximum atomic E-state index is 11.8. The topological polar surface area (TPSA) is 140 Å². The van der Waals surface area contributed by atoms with Crippen molar-refractivity contribution in [3.63, 3.8) is 0 Å². The number of carboxylic acids is 1. The molecule has 0 spiro atoms. The molecule has 1 heterocycles. The number of carbonyl (C=O) groups is 2. The summed E-state index contributed by atoms with van der Waals surface area (Å²) in [5.74, 6) is -2.05. The van der Waals surface area contributed by atoms with Crippen molar-refractivity contribution in [1.82, 2.24) is 0 Å². The predicted molar refractivity (Wildman–Crippen MR) is 71.4 cm³/mol. The summed E-state index contributed by atoms with van der Waals surface area (Å²) in [6, 6.07) is 6.24. The molecule has 8 nitrogen and oxygen atoms in total. The normalized spacial score (nSPS) is 11.1. The van der Waals surface area contributed by atoms with Crippen LogP contribution >= 0.6 is 0 Å². The van der Waals surface area contributed by atoms with Crippen molar-refractivity contribution in [3.05, 3.63) is 47.9 Å². The quantitative estimate of drug-likeness (QED) is 0.765. The van der Waals surface area contributed by atoms with Gasteiger partial charge in [-0.2, -0.15) is 0 Å². The number of nitrogens with two attached hydrogens (primary N) is 1. The van der Waals surface area contributed by atoms with Gasteiger partial charge in [0.15, 0.2) is 5.76 Å². The van der Waals surface area contributed by atoms with Crippen LogP contribution in [0.4, 0.5) is 5.69 Å². The molecule has 0 aliphatic carbocycles. The molecule has 0 atom stereocenters. The minimum absolute atomic E-state index is 0.0911. The van der Waals surface area contributed by atoms with Crippen LogP contribution in [0.25, 0.3) is 0 Å². The monoisotopic (exact) mass is 310 g/mol. The third kappa shape index (κ3) is 3.46. The van der Waals surface area contributed by atoms with Crippen molar-refractivity contribution < 1.29 is 27.5 Å². The Bertz CT molecular complexity index is 791. The molecule has 1 amide bonds. The molecular weight excluding hydrogens is 300 g/mol. The van der Waals surface area contributed by atoms with E-state index in [0.29, 0.717) is 5.69 Å². The van der Waals surface area contributed by atoms with Crippen molar-refractivity contribution in [2.45, 2.75) is 4.90 Å². The van der Waals surface area contributed by atoms with Crippen LogP contribution in [0.5, 0.6) is 0 Å². The second kappa shape index (κ2) is 5.38. The lowest BCUT2D eigenvalue weighted by atomic mass is 10.3. The predicted octanol–water partition coefficient (Wildman–Crippen LogP) is 0.878. The maximum Gasteiger partial charge on any atom is 0.338 e. The molecule has 0 bridgehead atoms. The molecule has 21 heavy (non-hydrogen) atoms. The SMILES string of the molecule is NS(=O)(=O)c1ccc(NC(=O)c2cc(C(=O)O)co2)cc1. The number of primary sulfonamides is 1. The highest BCUT2D eigenvalue weighted by Gasteiger charge is 2.15. The van der Waals surface area contributed by atoms with Gasteiger partial charge in [-0.05, 0) is 24.3 Å². The summed E-state index contributed by atoms with van der Waals surface area (Å²) in [7, 11) is -3.80. The first-order valence-corrected chi connectivity index (χ1v) is 7.08. The molecule has 4 N–H and O–H groups in total. The molecule has 0 aliphatic heterocycles. The van der Waals surface area contributed by atoms with E-state index in [9.17, 15) is 18.0 Å². The molecular formula is C12H10N2O6S. The van der Waals surface area contributed by atoms with E-state index in [1.165, 1.54) is 24.3 Å². The van der Waals surface area contributed by atoms with E-state index in [-0.39, 0.29) is 16.2 Å². The summed E-state index contributed by atoms with van der Waals surface area (Å²) >= 11 is 0. The van der Waals surface area contributed by atoms with Gasteiger partial charge in [0.25, 0.3) is 5.91 Å². The zero-order valence-electron chi connectivity index (χ0n) is 10.4. The first kappa shape index (κ1) is 14.8. The zero-order valence-corrected chi connectivity index (χ0v) is 11.3. The number of benzene rings is 1. The summed E-state index contributed by atoms with van der Waals surface area (Å²) in [5, 5.41) is 16.1. The number of hydrogen-bond acceptors (Lipinski definition) is 5. The lowest BCUT2D eigenvalue weighted by molar-refractivity contribution is 0.0696. The molecule has 0 radical (unpaired) electrons. The summed E-state index contributed by atoms with van der Waals surface area (Å²) in [6.07, 6.45) is 0.946. The van der Waals surface area contributed by atoms with Crippen molar-refractivity contribution in [3.8, 4) is 0 Å². The molecule has 2 aromatic rings. The van der Waals surface area contributed by atoms with Crippen molar-refractivity contribution >= 4 is 27.6 Å². The Labute approximate surface area is 119 Å². The Morgan fingerprint density at radius 2 is 1.81 bits per heavy atom. The van der Waals surface area contributed by atoms with Gasteiger partial charge in [-0.25, -0.2) is 18.4 Å². The highest BCUT2D eigenvalue weighted by molar-refractivity contribution is 7.89. The number of nitrogens with one attached hydrogen (secondary N) is 1. The zero-order chi connectivity index (χ0) is 15.6. The van der Waals surface area contributed by atoms with Gasteiger partial charge in [-0.3, -0.25) is 4.79 Å². The Hall–Kier alpha value is -2.65. The lowest BCUT2D eigenvalue weighted by Crippen LogP contribution is -2.13. The molecule has 2 rings (SSSR count). The number of rotatable bonds is 4. The third-order valence-corrected chi connectivity index (χ3v) is 3.44. The average Bonchev–Trinajstić information content (AvgIpc) is 2.88. The van der Waals surface area contributed by atoms with Crippen LogP contribution in [-0.2, 0) is 10.0 Å². The number of carbonyl (C=O) groups excluding carboxylic acids is 1. The van der Waals surface area contributed by atoms with Crippen molar-refractivity contribution in [1.29, 1.82) is 0 Å². The molecule has 0 unspecified atom stereocenters. The molecule has 0 saturated heterocycles. The number of aromatic carboxylic acids is 1. The number of sulfonamides is 1. The summed E-state index contributed by atoms with van der Waals surface area (Å²) in [6.45, 7) is 0. The van der Waals surface area contributed by atoms with Gasteiger partial charge in [-0.1, -0.05) is 0 Å². The summed E-state index contributed by atoms with van der Waals surface area (Å²) < 4.78 is 27.0. The minimum Gasteiger partial charge on any atom is -0.478 e. The van der Waals surface area contributed by atoms with Crippen LogP contribution in [0.15, 0.2) is 45.9 Å². The standard InChI is InChI=1S/C12H10N2O6S/c13-21(18,19)9-3-1-8(2-4-9)14-11(15)10-5-7(6-20-10)12(16)17/h1-6H,(H,14,15)(H,16,17)(H2,13,18,19). The number of carboxylic acid groups (broad SMARTS) is 1. The van der Waals surface area contributed by atoms with Crippen LogP contribution in [0.3, 0.4) is 0 Å². The fourth-order valence-electron chi connectivity index (χ4n) is 1.49. The molecule has 0 saturated carbocycles. The van der Waals surface area contributed by atoms with E-state index in [0.717, 1.165) is 12.3 Å². The van der Waals surface area contributed by atoms with E-state index < -0.39 is 21.9 Å². The first-order valence-electron chi connectivity index (χ1n) is 5.53. The van der Waals surface area contributed by atoms with Gasteiger partial charge in [0.05, 0.1) is 10.5 Å². The Kier molecular flexibility index (Phi) is 3.78. The summed E-state index contributed by atoms with van der Waals surface area (Å²) in [5.41, 5.74) is 0.158. The van der Waals surface area contributed by atoms with Crippen molar-refractivity contribution in [2.24, 2.45) is 5.14 Å². The second-order valence-corrected chi connectivity index (χ2v) is 5.59. The van der Waals surface area contributed by atoms with Gasteiger partial charge < -0.3 is 14.8 Å². The average molecular weight is 310 g/mol. The number of anilines is 1. The largest absolute Gasteiger partial charge is 0.478 e. The first-order chi connectivity index (χ1) is 9.77. The Balaban J connectivity index is 2.14. The molecule has 0 fully saturated rings.